The number of aliphatic hydroxyl groups excluding tert-OH is 1. The van der Waals surface area contributed by atoms with Gasteiger partial charge in [-0.1, -0.05) is 32.5 Å². The highest BCUT2D eigenvalue weighted by atomic mass is 32.2. The summed E-state index contributed by atoms with van der Waals surface area (Å²) < 4.78 is 4.38. The van der Waals surface area contributed by atoms with Crippen LogP contribution in [0.25, 0.3) is 0 Å². The molecule has 0 bridgehead atoms. The average molecular weight is 234 g/mol. The van der Waals surface area contributed by atoms with Gasteiger partial charge in [0.15, 0.2) is 11.2 Å². The number of aliphatic hydroxyl groups is 1. The summed E-state index contributed by atoms with van der Waals surface area (Å²) in [5.74, 6) is -0.736. The second kappa shape index (κ2) is 6.12. The molecular formula is C10H18O4S. The second-order valence-corrected chi connectivity index (χ2v) is 5.94. The molecule has 88 valence electrons. The number of rotatable bonds is 4. The standard InChI is InChI=1S/C10H18O4S/c1-5-14-9(13)7(11)6-8(12)15-10(2,3)4/h7,11H,5-6H2,1-4H3. The van der Waals surface area contributed by atoms with Crippen molar-refractivity contribution in [2.24, 2.45) is 0 Å². The Labute approximate surface area is 94.4 Å². The van der Waals surface area contributed by atoms with E-state index in [0.29, 0.717) is 0 Å². The van der Waals surface area contributed by atoms with Gasteiger partial charge in [-0.15, -0.1) is 0 Å². The number of hydrogen-bond acceptors (Lipinski definition) is 5. The molecule has 0 amide bonds. The van der Waals surface area contributed by atoms with Gasteiger partial charge in [0.25, 0.3) is 0 Å². The summed E-state index contributed by atoms with van der Waals surface area (Å²) in [5.41, 5.74) is 0. The summed E-state index contributed by atoms with van der Waals surface area (Å²) in [4.78, 5) is 22.4. The molecule has 0 aliphatic heterocycles. The maximum Gasteiger partial charge on any atom is 0.335 e. The monoisotopic (exact) mass is 234 g/mol. The lowest BCUT2D eigenvalue weighted by molar-refractivity contribution is -0.154. The van der Waals surface area contributed by atoms with Crippen LogP contribution in [-0.2, 0) is 14.3 Å². The van der Waals surface area contributed by atoms with E-state index in [4.69, 9.17) is 0 Å². The van der Waals surface area contributed by atoms with E-state index in [2.05, 4.69) is 4.74 Å². The van der Waals surface area contributed by atoms with Crippen LogP contribution in [-0.4, -0.2) is 33.6 Å². The zero-order chi connectivity index (χ0) is 12.1. The molecule has 0 heterocycles. The van der Waals surface area contributed by atoms with E-state index in [1.807, 2.05) is 20.8 Å². The number of ether oxygens (including phenoxy) is 1. The molecule has 0 fully saturated rings. The summed E-state index contributed by atoms with van der Waals surface area (Å²) in [6.07, 6.45) is -1.53. The SMILES string of the molecule is CCOC(=O)C(O)CC(=O)SC(C)(C)C. The van der Waals surface area contributed by atoms with E-state index in [-0.39, 0.29) is 22.9 Å². The van der Waals surface area contributed by atoms with Gasteiger partial charge in [0, 0.05) is 4.75 Å². The molecule has 5 heteroatoms. The zero-order valence-corrected chi connectivity index (χ0v) is 10.4. The van der Waals surface area contributed by atoms with Crippen LogP contribution in [0, 0.1) is 0 Å². The van der Waals surface area contributed by atoms with Crippen LogP contribution in [0.4, 0.5) is 0 Å². The first kappa shape index (κ1) is 14.5. The van der Waals surface area contributed by atoms with Crippen LogP contribution in [0.3, 0.4) is 0 Å². The highest BCUT2D eigenvalue weighted by Gasteiger charge is 2.23. The van der Waals surface area contributed by atoms with E-state index < -0.39 is 12.1 Å². The molecule has 0 radical (unpaired) electrons. The van der Waals surface area contributed by atoms with Crippen molar-refractivity contribution in [1.82, 2.24) is 0 Å². The number of thioether (sulfide) groups is 1. The minimum absolute atomic E-state index is 0.194. The third-order valence-corrected chi connectivity index (χ3v) is 2.35. The van der Waals surface area contributed by atoms with Crippen molar-refractivity contribution in [1.29, 1.82) is 0 Å². The fourth-order valence-corrected chi connectivity index (χ4v) is 1.79. The highest BCUT2D eigenvalue weighted by molar-refractivity contribution is 8.14. The van der Waals surface area contributed by atoms with Crippen molar-refractivity contribution in [3.8, 4) is 0 Å². The quantitative estimate of drug-likeness (QED) is 0.744. The lowest BCUT2D eigenvalue weighted by Gasteiger charge is -2.16. The van der Waals surface area contributed by atoms with E-state index >= 15 is 0 Å². The Hall–Kier alpha value is -0.550. The van der Waals surface area contributed by atoms with Crippen LogP contribution in [0.15, 0.2) is 0 Å². The minimum atomic E-state index is -1.34. The third kappa shape index (κ3) is 7.39. The molecule has 1 N–H and O–H groups in total. The summed E-state index contributed by atoms with van der Waals surface area (Å²) in [7, 11) is 0. The molecule has 0 aliphatic rings. The molecule has 0 aromatic carbocycles. The van der Waals surface area contributed by atoms with Gasteiger partial charge in [0.1, 0.15) is 0 Å². The first-order chi connectivity index (χ1) is 6.76. The van der Waals surface area contributed by atoms with Crippen molar-refractivity contribution in [2.45, 2.75) is 45.0 Å². The number of carbonyl (C=O) groups excluding carboxylic acids is 2. The molecular weight excluding hydrogens is 216 g/mol. The molecule has 0 saturated carbocycles. The Morgan fingerprint density at radius 3 is 2.33 bits per heavy atom. The average Bonchev–Trinajstić information content (AvgIpc) is 2.00. The van der Waals surface area contributed by atoms with Crippen LogP contribution in [0.5, 0.6) is 0 Å². The first-order valence-electron chi connectivity index (χ1n) is 4.83. The summed E-state index contributed by atoms with van der Waals surface area (Å²) in [6, 6.07) is 0. The predicted octanol–water partition coefficient (Wildman–Crippen LogP) is 1.36. The van der Waals surface area contributed by atoms with Gasteiger partial charge in [0.05, 0.1) is 13.0 Å². The number of esters is 1. The lowest BCUT2D eigenvalue weighted by Crippen LogP contribution is -2.26. The van der Waals surface area contributed by atoms with E-state index in [1.54, 1.807) is 6.92 Å². The van der Waals surface area contributed by atoms with E-state index in [1.165, 1.54) is 0 Å². The topological polar surface area (TPSA) is 63.6 Å². The fourth-order valence-electron chi connectivity index (χ4n) is 0.863. The van der Waals surface area contributed by atoms with Gasteiger partial charge in [-0.2, -0.15) is 0 Å². The van der Waals surface area contributed by atoms with Crippen molar-refractivity contribution < 1.29 is 19.4 Å². The molecule has 0 rings (SSSR count). The van der Waals surface area contributed by atoms with Gasteiger partial charge in [0.2, 0.25) is 0 Å². The van der Waals surface area contributed by atoms with Crippen molar-refractivity contribution in [3.63, 3.8) is 0 Å². The third-order valence-electron chi connectivity index (χ3n) is 1.34. The summed E-state index contributed by atoms with van der Waals surface area (Å²) in [6.45, 7) is 7.54. The van der Waals surface area contributed by atoms with Crippen molar-refractivity contribution >= 4 is 22.8 Å². The maximum absolute atomic E-state index is 11.4. The molecule has 0 aromatic rings. The van der Waals surface area contributed by atoms with Gasteiger partial charge in [-0.05, 0) is 6.92 Å². The van der Waals surface area contributed by atoms with Gasteiger partial charge < -0.3 is 9.84 Å². The van der Waals surface area contributed by atoms with Gasteiger partial charge in [-0.25, -0.2) is 4.79 Å². The Kier molecular flexibility index (Phi) is 5.90. The Balaban J connectivity index is 4.02. The van der Waals surface area contributed by atoms with Crippen LogP contribution in [0.1, 0.15) is 34.1 Å². The summed E-state index contributed by atoms with van der Waals surface area (Å²) in [5, 5.41) is 9.10. The van der Waals surface area contributed by atoms with Crippen molar-refractivity contribution in [3.05, 3.63) is 0 Å². The number of hydrogen-bond donors (Lipinski definition) is 1. The van der Waals surface area contributed by atoms with Gasteiger partial charge in [-0.3, -0.25) is 4.79 Å². The largest absolute Gasteiger partial charge is 0.464 e. The second-order valence-electron chi connectivity index (χ2n) is 4.06. The predicted molar refractivity (Wildman–Crippen MR) is 59.6 cm³/mol. The molecule has 0 aliphatic carbocycles. The van der Waals surface area contributed by atoms with Crippen LogP contribution in [0.2, 0.25) is 0 Å². The van der Waals surface area contributed by atoms with Gasteiger partial charge >= 0.3 is 5.97 Å². The Morgan fingerprint density at radius 2 is 1.93 bits per heavy atom. The maximum atomic E-state index is 11.4. The molecule has 15 heavy (non-hydrogen) atoms. The smallest absolute Gasteiger partial charge is 0.335 e. The first-order valence-corrected chi connectivity index (χ1v) is 5.64. The van der Waals surface area contributed by atoms with E-state index in [9.17, 15) is 14.7 Å². The summed E-state index contributed by atoms with van der Waals surface area (Å²) >= 11 is 1.11. The molecule has 0 aromatic heterocycles. The highest BCUT2D eigenvalue weighted by Crippen LogP contribution is 2.25. The molecule has 4 nitrogen and oxygen atoms in total. The molecule has 0 saturated heterocycles. The van der Waals surface area contributed by atoms with Crippen molar-refractivity contribution in [2.75, 3.05) is 6.61 Å². The van der Waals surface area contributed by atoms with E-state index in [0.717, 1.165) is 11.8 Å². The van der Waals surface area contributed by atoms with Crippen LogP contribution >= 0.6 is 11.8 Å². The lowest BCUT2D eigenvalue weighted by atomic mass is 10.2. The van der Waals surface area contributed by atoms with Crippen LogP contribution < -0.4 is 0 Å². The molecule has 0 spiro atoms. The Bertz CT molecular complexity index is 232. The fraction of sp³-hybridized carbons (Fsp3) is 0.800. The number of carbonyl (C=O) groups is 2. The molecule has 1 unspecified atom stereocenters. The Morgan fingerprint density at radius 1 is 1.40 bits per heavy atom. The zero-order valence-electron chi connectivity index (χ0n) is 9.57. The minimum Gasteiger partial charge on any atom is -0.464 e. The molecule has 1 atom stereocenters. The normalized spacial score (nSPS) is 13.4.